The van der Waals surface area contributed by atoms with Gasteiger partial charge in [0.05, 0.1) is 6.61 Å². The van der Waals surface area contributed by atoms with Crippen molar-refractivity contribution in [2.24, 2.45) is 0 Å². The summed E-state index contributed by atoms with van der Waals surface area (Å²) in [7, 11) is 0. The molecule has 2 aromatic rings. The van der Waals surface area contributed by atoms with Gasteiger partial charge in [-0.1, -0.05) is 32.0 Å². The van der Waals surface area contributed by atoms with Gasteiger partial charge in [0, 0.05) is 12.1 Å². The fraction of sp³-hybridized carbons (Fsp3) is 0.312. The van der Waals surface area contributed by atoms with Crippen LogP contribution in [0.15, 0.2) is 40.8 Å². The summed E-state index contributed by atoms with van der Waals surface area (Å²) in [4.78, 5) is 11.7. The number of carbonyl (C=O) groups excluding carboxylic acids is 1. The number of hydrogen-bond acceptors (Lipinski definition) is 3. The number of amides is 1. The van der Waals surface area contributed by atoms with E-state index >= 15 is 0 Å². The first-order chi connectivity index (χ1) is 9.61. The van der Waals surface area contributed by atoms with Crippen molar-refractivity contribution in [3.63, 3.8) is 0 Å². The lowest BCUT2D eigenvalue weighted by atomic mass is 10.0. The number of aliphatic hydroxyl groups is 1. The normalized spacial score (nSPS) is 10.8. The minimum absolute atomic E-state index is 0.0876. The van der Waals surface area contributed by atoms with Crippen LogP contribution in [-0.2, 0) is 0 Å². The predicted octanol–water partition coefficient (Wildman–Crippen LogP) is 2.79. The molecular weight excluding hydrogens is 254 g/mol. The van der Waals surface area contributed by atoms with Gasteiger partial charge in [-0.2, -0.15) is 0 Å². The average molecular weight is 273 g/mol. The summed E-state index contributed by atoms with van der Waals surface area (Å²) in [5.74, 6) is 1.05. The lowest BCUT2D eigenvalue weighted by Gasteiger charge is -2.06. The van der Waals surface area contributed by atoms with Gasteiger partial charge in [0.2, 0.25) is 0 Å². The van der Waals surface area contributed by atoms with Crippen molar-refractivity contribution in [3.05, 3.63) is 47.7 Å². The standard InChI is InChI=1S/C16H19NO3/c1-11(2)12-4-3-5-13(10-12)14-6-7-15(20-14)16(19)17-8-9-18/h3-7,10-11,18H,8-9H2,1-2H3,(H,17,19). The zero-order valence-electron chi connectivity index (χ0n) is 11.7. The summed E-state index contributed by atoms with van der Waals surface area (Å²) in [5, 5.41) is 11.2. The molecule has 0 fully saturated rings. The van der Waals surface area contributed by atoms with E-state index in [4.69, 9.17) is 9.52 Å². The fourth-order valence-corrected chi connectivity index (χ4v) is 1.92. The van der Waals surface area contributed by atoms with E-state index in [0.717, 1.165) is 5.56 Å². The Bertz CT molecular complexity index is 587. The van der Waals surface area contributed by atoms with Gasteiger partial charge in [0.25, 0.3) is 5.91 Å². The minimum atomic E-state index is -0.315. The fourth-order valence-electron chi connectivity index (χ4n) is 1.92. The van der Waals surface area contributed by atoms with Crippen molar-refractivity contribution in [2.45, 2.75) is 19.8 Å². The molecule has 0 unspecified atom stereocenters. The largest absolute Gasteiger partial charge is 0.451 e. The highest BCUT2D eigenvalue weighted by Crippen LogP contribution is 2.25. The van der Waals surface area contributed by atoms with E-state index in [2.05, 4.69) is 31.3 Å². The van der Waals surface area contributed by atoms with Crippen molar-refractivity contribution >= 4 is 5.91 Å². The molecule has 20 heavy (non-hydrogen) atoms. The van der Waals surface area contributed by atoms with Gasteiger partial charge in [-0.3, -0.25) is 4.79 Å². The van der Waals surface area contributed by atoms with E-state index < -0.39 is 0 Å². The second kappa shape index (κ2) is 6.39. The van der Waals surface area contributed by atoms with Crippen molar-refractivity contribution < 1.29 is 14.3 Å². The van der Waals surface area contributed by atoms with Crippen LogP contribution in [0, 0.1) is 0 Å². The monoisotopic (exact) mass is 273 g/mol. The smallest absolute Gasteiger partial charge is 0.287 e. The third-order valence-corrected chi connectivity index (χ3v) is 3.06. The zero-order chi connectivity index (χ0) is 14.5. The maximum atomic E-state index is 11.7. The van der Waals surface area contributed by atoms with E-state index in [1.54, 1.807) is 12.1 Å². The average Bonchev–Trinajstić information content (AvgIpc) is 2.94. The first-order valence-corrected chi connectivity index (χ1v) is 6.71. The summed E-state index contributed by atoms with van der Waals surface area (Å²) in [5.41, 5.74) is 2.18. The predicted molar refractivity (Wildman–Crippen MR) is 77.7 cm³/mol. The molecule has 1 amide bonds. The molecule has 0 aliphatic carbocycles. The van der Waals surface area contributed by atoms with Gasteiger partial charge in [-0.05, 0) is 29.7 Å². The van der Waals surface area contributed by atoms with Crippen molar-refractivity contribution in [2.75, 3.05) is 13.2 Å². The lowest BCUT2D eigenvalue weighted by Crippen LogP contribution is -2.25. The van der Waals surface area contributed by atoms with Crippen molar-refractivity contribution in [1.82, 2.24) is 5.32 Å². The molecule has 0 aliphatic heterocycles. The number of carbonyl (C=O) groups is 1. The molecule has 0 saturated carbocycles. The number of rotatable bonds is 5. The van der Waals surface area contributed by atoms with Gasteiger partial charge in [-0.25, -0.2) is 0 Å². The third kappa shape index (κ3) is 3.27. The first-order valence-electron chi connectivity index (χ1n) is 6.71. The summed E-state index contributed by atoms with van der Waals surface area (Å²) in [6.07, 6.45) is 0. The zero-order valence-corrected chi connectivity index (χ0v) is 11.7. The van der Waals surface area contributed by atoms with Crippen LogP contribution in [0.3, 0.4) is 0 Å². The SMILES string of the molecule is CC(C)c1cccc(-c2ccc(C(=O)NCCO)o2)c1. The maximum absolute atomic E-state index is 11.7. The van der Waals surface area contributed by atoms with Crippen LogP contribution < -0.4 is 5.32 Å². The molecule has 106 valence electrons. The van der Waals surface area contributed by atoms with E-state index in [0.29, 0.717) is 11.7 Å². The quantitative estimate of drug-likeness (QED) is 0.880. The number of nitrogens with one attached hydrogen (secondary N) is 1. The van der Waals surface area contributed by atoms with Crippen LogP contribution in [0.5, 0.6) is 0 Å². The Balaban J connectivity index is 2.20. The van der Waals surface area contributed by atoms with Crippen LogP contribution in [0.25, 0.3) is 11.3 Å². The highest BCUT2D eigenvalue weighted by atomic mass is 16.4. The van der Waals surface area contributed by atoms with E-state index in [9.17, 15) is 4.79 Å². The van der Waals surface area contributed by atoms with Gasteiger partial charge in [0.15, 0.2) is 5.76 Å². The Hall–Kier alpha value is -2.07. The molecule has 2 rings (SSSR count). The molecule has 0 aliphatic rings. The minimum Gasteiger partial charge on any atom is -0.451 e. The van der Waals surface area contributed by atoms with Gasteiger partial charge in [0.1, 0.15) is 5.76 Å². The summed E-state index contributed by atoms with van der Waals surface area (Å²) < 4.78 is 5.57. The van der Waals surface area contributed by atoms with E-state index in [1.165, 1.54) is 5.56 Å². The lowest BCUT2D eigenvalue weighted by molar-refractivity contribution is 0.0918. The Kier molecular flexibility index (Phi) is 4.58. The van der Waals surface area contributed by atoms with Gasteiger partial charge in [-0.15, -0.1) is 0 Å². The van der Waals surface area contributed by atoms with Crippen molar-refractivity contribution in [1.29, 1.82) is 0 Å². The van der Waals surface area contributed by atoms with Crippen molar-refractivity contribution in [3.8, 4) is 11.3 Å². The van der Waals surface area contributed by atoms with Crippen LogP contribution >= 0.6 is 0 Å². The first kappa shape index (κ1) is 14.3. The van der Waals surface area contributed by atoms with Crippen LogP contribution in [-0.4, -0.2) is 24.2 Å². The van der Waals surface area contributed by atoms with Crippen LogP contribution in [0.1, 0.15) is 35.9 Å². The molecule has 0 saturated heterocycles. The van der Waals surface area contributed by atoms with Gasteiger partial charge >= 0.3 is 0 Å². The molecule has 0 bridgehead atoms. The summed E-state index contributed by atoms with van der Waals surface area (Å²) in [6.45, 7) is 4.40. The maximum Gasteiger partial charge on any atom is 0.287 e. The molecular formula is C16H19NO3. The Morgan fingerprint density at radius 3 is 2.80 bits per heavy atom. The topological polar surface area (TPSA) is 62.5 Å². The molecule has 0 atom stereocenters. The van der Waals surface area contributed by atoms with E-state index in [1.807, 2.05) is 12.1 Å². The Morgan fingerprint density at radius 2 is 2.10 bits per heavy atom. The van der Waals surface area contributed by atoms with E-state index in [-0.39, 0.29) is 24.8 Å². The van der Waals surface area contributed by atoms with Crippen LogP contribution in [0.4, 0.5) is 0 Å². The third-order valence-electron chi connectivity index (χ3n) is 3.06. The number of hydrogen-bond donors (Lipinski definition) is 2. The molecule has 2 N–H and O–H groups in total. The Morgan fingerprint density at radius 1 is 1.30 bits per heavy atom. The highest BCUT2D eigenvalue weighted by Gasteiger charge is 2.12. The molecule has 0 radical (unpaired) electrons. The number of furan rings is 1. The second-order valence-corrected chi connectivity index (χ2v) is 4.92. The second-order valence-electron chi connectivity index (χ2n) is 4.92. The molecule has 1 heterocycles. The molecule has 1 aromatic heterocycles. The molecule has 0 spiro atoms. The number of aliphatic hydroxyl groups excluding tert-OH is 1. The van der Waals surface area contributed by atoms with Crippen LogP contribution in [0.2, 0.25) is 0 Å². The summed E-state index contributed by atoms with van der Waals surface area (Å²) in [6, 6.07) is 11.5. The molecule has 4 nitrogen and oxygen atoms in total. The number of benzene rings is 1. The molecule has 1 aromatic carbocycles. The van der Waals surface area contributed by atoms with Gasteiger partial charge < -0.3 is 14.8 Å². The molecule has 4 heteroatoms. The summed E-state index contributed by atoms with van der Waals surface area (Å²) >= 11 is 0. The Labute approximate surface area is 118 Å². The highest BCUT2D eigenvalue weighted by molar-refractivity contribution is 5.92.